The van der Waals surface area contributed by atoms with Gasteiger partial charge in [-0.2, -0.15) is 5.10 Å². The van der Waals surface area contributed by atoms with Crippen LogP contribution >= 0.6 is 0 Å². The molecule has 0 spiro atoms. The first kappa shape index (κ1) is 16.5. The van der Waals surface area contributed by atoms with Crippen LogP contribution in [0.15, 0.2) is 53.6 Å². The molecule has 1 aliphatic heterocycles. The first-order valence-corrected chi connectivity index (χ1v) is 8.62. The van der Waals surface area contributed by atoms with Gasteiger partial charge in [0.25, 0.3) is 0 Å². The van der Waals surface area contributed by atoms with E-state index in [4.69, 9.17) is 0 Å². The Morgan fingerprint density at radius 3 is 2.64 bits per heavy atom. The van der Waals surface area contributed by atoms with Gasteiger partial charge in [0.05, 0.1) is 23.0 Å². The molecule has 2 aromatic carbocycles. The second-order valence-corrected chi connectivity index (χ2v) is 6.67. The van der Waals surface area contributed by atoms with E-state index >= 15 is 0 Å². The van der Waals surface area contributed by atoms with Gasteiger partial charge in [-0.3, -0.25) is 9.48 Å². The molecule has 0 bridgehead atoms. The van der Waals surface area contributed by atoms with Crippen LogP contribution in [0.2, 0.25) is 0 Å². The summed E-state index contributed by atoms with van der Waals surface area (Å²) in [5, 5.41) is 12.2. The van der Waals surface area contributed by atoms with Crippen molar-refractivity contribution < 1.29 is 8.87 Å². The van der Waals surface area contributed by atoms with Crippen LogP contribution in [0.3, 0.4) is 0 Å². The number of aryl methyl sites for hydroxylation is 1. The van der Waals surface area contributed by atoms with Gasteiger partial charge in [-0.05, 0) is 29.8 Å². The highest BCUT2D eigenvalue weighted by Gasteiger charge is 2.38. The highest BCUT2D eigenvalue weighted by molar-refractivity contribution is 5.97. The zero-order valence-corrected chi connectivity index (χ0v) is 14.7. The maximum absolute atomic E-state index is 14.3. The zero-order chi connectivity index (χ0) is 19.4. The zero-order valence-electron chi connectivity index (χ0n) is 14.7. The number of nitrogens with zero attached hydrogens (tertiary/aromatic N) is 5. The minimum Gasteiger partial charge on any atom is -0.377 e. The number of aromatic nitrogens is 5. The van der Waals surface area contributed by atoms with Crippen molar-refractivity contribution in [3.63, 3.8) is 0 Å². The standard InChI is InChI=1S/C19H14F2N6O/c1-26-18(22-9-23-26)15-16(10-5-7-11(20)8-6-10)24-13-4-2-3-12-14(13)17(15)25-27(21)19(12)28/h2-9,15-16,24H,1H3. The normalized spacial score (nSPS) is 18.2. The number of rotatable bonds is 2. The average Bonchev–Trinajstić information content (AvgIpc) is 3.11. The van der Waals surface area contributed by atoms with E-state index in [0.29, 0.717) is 22.6 Å². The Bertz CT molecular complexity index is 1260. The first-order chi connectivity index (χ1) is 13.5. The Morgan fingerprint density at radius 2 is 1.93 bits per heavy atom. The molecule has 7 nitrogen and oxygen atoms in total. The largest absolute Gasteiger partial charge is 0.377 e. The third-order valence-corrected chi connectivity index (χ3v) is 5.11. The van der Waals surface area contributed by atoms with Gasteiger partial charge in [0.15, 0.2) is 0 Å². The van der Waals surface area contributed by atoms with Gasteiger partial charge >= 0.3 is 5.56 Å². The summed E-state index contributed by atoms with van der Waals surface area (Å²) >= 11 is 0. The van der Waals surface area contributed by atoms with Gasteiger partial charge in [-0.15, -0.1) is 5.10 Å². The quantitative estimate of drug-likeness (QED) is 0.579. The predicted molar refractivity (Wildman–Crippen MR) is 98.1 cm³/mol. The summed E-state index contributed by atoms with van der Waals surface area (Å²) < 4.78 is 29.4. The molecule has 9 heteroatoms. The summed E-state index contributed by atoms with van der Waals surface area (Å²) in [4.78, 5) is 16.4. The molecule has 4 aromatic rings. The average molecular weight is 380 g/mol. The number of hydrogen-bond donors (Lipinski definition) is 1. The summed E-state index contributed by atoms with van der Waals surface area (Å²) in [6.07, 6.45) is 1.40. The van der Waals surface area contributed by atoms with Crippen LogP contribution in [-0.4, -0.2) is 24.8 Å². The second kappa shape index (κ2) is 5.95. The van der Waals surface area contributed by atoms with Crippen LogP contribution in [0.4, 0.5) is 14.6 Å². The summed E-state index contributed by atoms with van der Waals surface area (Å²) in [5.74, 6) is -0.352. The maximum atomic E-state index is 14.3. The molecule has 0 radical (unpaired) electrons. The van der Waals surface area contributed by atoms with Crippen molar-refractivity contribution in [2.75, 3.05) is 5.32 Å². The summed E-state index contributed by atoms with van der Waals surface area (Å²) in [6.45, 7) is 0. The van der Waals surface area contributed by atoms with E-state index in [1.165, 1.54) is 18.5 Å². The van der Waals surface area contributed by atoms with E-state index in [9.17, 15) is 13.7 Å². The molecule has 0 saturated carbocycles. The van der Waals surface area contributed by atoms with Crippen LogP contribution in [0.25, 0.3) is 10.8 Å². The van der Waals surface area contributed by atoms with Crippen LogP contribution in [0, 0.1) is 5.82 Å². The second-order valence-electron chi connectivity index (χ2n) is 6.67. The van der Waals surface area contributed by atoms with Gasteiger partial charge in [0.2, 0.25) is 0 Å². The molecule has 0 aliphatic carbocycles. The monoisotopic (exact) mass is 380 g/mol. The SMILES string of the molecule is Cn1ncnc1C1c2nn(F)c(=O)c3cccc(c23)NC1c1ccc(F)cc1. The van der Waals surface area contributed by atoms with Crippen molar-refractivity contribution in [1.82, 2.24) is 24.8 Å². The van der Waals surface area contributed by atoms with Crippen molar-refractivity contribution in [1.29, 1.82) is 0 Å². The molecule has 5 rings (SSSR count). The van der Waals surface area contributed by atoms with Gasteiger partial charge in [-0.1, -0.05) is 27.6 Å². The number of halogens is 2. The predicted octanol–water partition coefficient (Wildman–Crippen LogP) is 2.70. The third kappa shape index (κ3) is 2.32. The van der Waals surface area contributed by atoms with Crippen LogP contribution in [0.5, 0.6) is 0 Å². The molecular formula is C19H14F2N6O. The molecular weight excluding hydrogens is 366 g/mol. The van der Waals surface area contributed by atoms with Crippen LogP contribution in [0.1, 0.15) is 29.0 Å². The minimum absolute atomic E-state index is 0.141. The van der Waals surface area contributed by atoms with E-state index in [1.807, 2.05) is 0 Å². The topological polar surface area (TPSA) is 77.6 Å². The van der Waals surface area contributed by atoms with Crippen molar-refractivity contribution in [2.45, 2.75) is 12.0 Å². The summed E-state index contributed by atoms with van der Waals surface area (Å²) in [6, 6.07) is 10.7. The van der Waals surface area contributed by atoms with Gasteiger partial charge in [0, 0.05) is 18.1 Å². The molecule has 0 saturated heterocycles. The van der Waals surface area contributed by atoms with E-state index < -0.39 is 17.5 Å². The third-order valence-electron chi connectivity index (χ3n) is 5.11. The molecule has 1 aliphatic rings. The lowest BCUT2D eigenvalue weighted by Crippen LogP contribution is -2.31. The number of benzene rings is 2. The van der Waals surface area contributed by atoms with Gasteiger partial charge in [0.1, 0.15) is 18.0 Å². The lowest BCUT2D eigenvalue weighted by atomic mass is 9.83. The Balaban J connectivity index is 1.83. The van der Waals surface area contributed by atoms with Crippen LogP contribution in [-0.2, 0) is 7.05 Å². The molecule has 28 heavy (non-hydrogen) atoms. The molecule has 2 aromatic heterocycles. The van der Waals surface area contributed by atoms with E-state index in [2.05, 4.69) is 20.5 Å². The molecule has 2 atom stereocenters. The fraction of sp³-hybridized carbons (Fsp3) is 0.158. The smallest absolute Gasteiger partial charge is 0.305 e. The first-order valence-electron chi connectivity index (χ1n) is 8.62. The lowest BCUT2D eigenvalue weighted by molar-refractivity contribution is 0.291. The van der Waals surface area contributed by atoms with Crippen molar-refractivity contribution >= 4 is 16.5 Å². The van der Waals surface area contributed by atoms with Crippen molar-refractivity contribution in [3.05, 3.63) is 82.0 Å². The highest BCUT2D eigenvalue weighted by Crippen LogP contribution is 2.45. The molecule has 3 heterocycles. The number of hydrogen-bond acceptors (Lipinski definition) is 5. The summed E-state index contributed by atoms with van der Waals surface area (Å²) in [7, 11) is 1.73. The highest BCUT2D eigenvalue weighted by atomic mass is 19.2. The lowest BCUT2D eigenvalue weighted by Gasteiger charge is -2.33. The Kier molecular flexibility index (Phi) is 3.51. The van der Waals surface area contributed by atoms with Gasteiger partial charge in [-0.25, -0.2) is 9.37 Å². The minimum atomic E-state index is -0.820. The molecule has 140 valence electrons. The Labute approximate surface area is 157 Å². The maximum Gasteiger partial charge on any atom is 0.305 e. The van der Waals surface area contributed by atoms with E-state index in [1.54, 1.807) is 42.1 Å². The fourth-order valence-electron chi connectivity index (χ4n) is 3.85. The van der Waals surface area contributed by atoms with Gasteiger partial charge < -0.3 is 5.32 Å². The molecule has 0 amide bonds. The Hall–Kier alpha value is -3.62. The molecule has 2 unspecified atom stereocenters. The molecule has 1 N–H and O–H groups in total. The Morgan fingerprint density at radius 1 is 1.14 bits per heavy atom. The molecule has 0 fully saturated rings. The van der Waals surface area contributed by atoms with E-state index in [0.717, 1.165) is 5.56 Å². The number of nitrogens with one attached hydrogen (secondary N) is 1. The van der Waals surface area contributed by atoms with Crippen molar-refractivity contribution in [3.8, 4) is 0 Å². The number of anilines is 1. The summed E-state index contributed by atoms with van der Waals surface area (Å²) in [5.41, 5.74) is 0.983. The fourth-order valence-corrected chi connectivity index (χ4v) is 3.85. The van der Waals surface area contributed by atoms with Crippen molar-refractivity contribution in [2.24, 2.45) is 7.05 Å². The van der Waals surface area contributed by atoms with Crippen LogP contribution < -0.4 is 10.9 Å². The van der Waals surface area contributed by atoms with E-state index in [-0.39, 0.29) is 16.1 Å².